The van der Waals surface area contributed by atoms with E-state index in [1.165, 1.54) is 32.1 Å². The van der Waals surface area contributed by atoms with Crippen LogP contribution in [0.3, 0.4) is 0 Å². The Labute approximate surface area is 93.5 Å². The minimum absolute atomic E-state index is 0.0856. The van der Waals surface area contributed by atoms with Crippen molar-refractivity contribution in [3.63, 3.8) is 0 Å². The minimum atomic E-state index is -0.0856. The third kappa shape index (κ3) is 2.94. The van der Waals surface area contributed by atoms with Crippen LogP contribution in [-0.2, 0) is 0 Å². The van der Waals surface area contributed by atoms with E-state index < -0.39 is 0 Å². The lowest BCUT2D eigenvalue weighted by atomic mass is 9.80. The second-order valence-electron chi connectivity index (χ2n) is 5.89. The molecule has 0 aromatic rings. The Morgan fingerprint density at radius 3 is 2.20 bits per heavy atom. The highest BCUT2D eigenvalue weighted by Crippen LogP contribution is 2.30. The summed E-state index contributed by atoms with van der Waals surface area (Å²) in [5, 5.41) is 13.5. The monoisotopic (exact) mass is 211 g/mol. The predicted molar refractivity (Wildman–Crippen MR) is 62.7 cm³/mol. The molecule has 2 rings (SSSR count). The van der Waals surface area contributed by atoms with Crippen LogP contribution in [0.25, 0.3) is 0 Å². The van der Waals surface area contributed by atoms with Gasteiger partial charge in [0.05, 0.1) is 6.10 Å². The van der Waals surface area contributed by atoms with E-state index in [2.05, 4.69) is 19.2 Å². The van der Waals surface area contributed by atoms with E-state index in [1.54, 1.807) is 0 Å². The topological polar surface area (TPSA) is 32.3 Å². The van der Waals surface area contributed by atoms with Crippen molar-refractivity contribution >= 4 is 0 Å². The first kappa shape index (κ1) is 11.4. The smallest absolute Gasteiger partial charge is 0.0693 e. The number of nitrogens with one attached hydrogen (secondary N) is 1. The third-order valence-corrected chi connectivity index (χ3v) is 4.11. The summed E-state index contributed by atoms with van der Waals surface area (Å²) in [6.45, 7) is 4.71. The van der Waals surface area contributed by atoms with Crippen molar-refractivity contribution in [2.45, 2.75) is 70.6 Å². The van der Waals surface area contributed by atoms with Crippen LogP contribution in [-0.4, -0.2) is 23.3 Å². The van der Waals surface area contributed by atoms with Gasteiger partial charge in [-0.3, -0.25) is 0 Å². The molecule has 2 N–H and O–H groups in total. The summed E-state index contributed by atoms with van der Waals surface area (Å²) in [6, 6.07) is 1.04. The number of hydrogen-bond acceptors (Lipinski definition) is 2. The molecule has 2 heteroatoms. The van der Waals surface area contributed by atoms with Crippen LogP contribution in [0.1, 0.15) is 52.4 Å². The molecule has 0 amide bonds. The van der Waals surface area contributed by atoms with Gasteiger partial charge in [0, 0.05) is 12.1 Å². The summed E-state index contributed by atoms with van der Waals surface area (Å²) < 4.78 is 0. The largest absolute Gasteiger partial charge is 0.392 e. The predicted octanol–water partition coefficient (Wildman–Crippen LogP) is 2.31. The second kappa shape index (κ2) is 4.84. The molecule has 2 aliphatic rings. The zero-order valence-corrected chi connectivity index (χ0v) is 10.1. The lowest BCUT2D eigenvalue weighted by molar-refractivity contribution is 0.128. The average Bonchev–Trinajstić information content (AvgIpc) is 2.50. The van der Waals surface area contributed by atoms with Crippen LogP contribution < -0.4 is 5.32 Å². The molecule has 88 valence electrons. The van der Waals surface area contributed by atoms with E-state index in [4.69, 9.17) is 0 Å². The standard InChI is InChI=1S/C13H25NO/c1-9-6-10(2)8-11(7-9)14-12-4-3-5-13(12)15/h9-15H,3-8H2,1-2H3/t9?,10?,11?,12-,13-/m0/s1. The van der Waals surface area contributed by atoms with E-state index in [0.29, 0.717) is 12.1 Å². The molecule has 15 heavy (non-hydrogen) atoms. The van der Waals surface area contributed by atoms with Gasteiger partial charge in [-0.1, -0.05) is 13.8 Å². The summed E-state index contributed by atoms with van der Waals surface area (Å²) in [4.78, 5) is 0. The van der Waals surface area contributed by atoms with Gasteiger partial charge in [0.25, 0.3) is 0 Å². The Morgan fingerprint density at radius 1 is 1.00 bits per heavy atom. The number of aliphatic hydroxyl groups excluding tert-OH is 1. The van der Waals surface area contributed by atoms with Gasteiger partial charge in [0.2, 0.25) is 0 Å². The van der Waals surface area contributed by atoms with Crippen molar-refractivity contribution in [3.05, 3.63) is 0 Å². The Kier molecular flexibility index (Phi) is 3.68. The molecule has 2 fully saturated rings. The van der Waals surface area contributed by atoms with E-state index in [9.17, 15) is 5.11 Å². The van der Waals surface area contributed by atoms with Crippen molar-refractivity contribution in [2.24, 2.45) is 11.8 Å². The molecule has 2 nitrogen and oxygen atoms in total. The van der Waals surface area contributed by atoms with Gasteiger partial charge in [-0.15, -0.1) is 0 Å². The van der Waals surface area contributed by atoms with E-state index in [1.807, 2.05) is 0 Å². The molecule has 0 radical (unpaired) electrons. The molecule has 0 spiro atoms. The summed E-state index contributed by atoms with van der Waals surface area (Å²) in [5.74, 6) is 1.70. The van der Waals surface area contributed by atoms with Crippen LogP contribution in [0.4, 0.5) is 0 Å². The molecule has 0 saturated heterocycles. The second-order valence-corrected chi connectivity index (χ2v) is 5.89. The molecule has 0 aromatic heterocycles. The van der Waals surface area contributed by atoms with Crippen molar-refractivity contribution in [2.75, 3.05) is 0 Å². The quantitative estimate of drug-likeness (QED) is 0.734. The summed E-state index contributed by atoms with van der Waals surface area (Å²) in [6.07, 6.45) is 7.25. The van der Waals surface area contributed by atoms with Crippen molar-refractivity contribution in [1.29, 1.82) is 0 Å². The summed E-state index contributed by atoms with van der Waals surface area (Å²) in [5.41, 5.74) is 0. The van der Waals surface area contributed by atoms with Gasteiger partial charge in [-0.25, -0.2) is 0 Å². The average molecular weight is 211 g/mol. The van der Waals surface area contributed by atoms with E-state index in [-0.39, 0.29) is 6.10 Å². The van der Waals surface area contributed by atoms with Crippen molar-refractivity contribution in [1.82, 2.24) is 5.32 Å². The minimum Gasteiger partial charge on any atom is -0.392 e. The zero-order chi connectivity index (χ0) is 10.8. The highest BCUT2D eigenvalue weighted by atomic mass is 16.3. The molecule has 2 aliphatic carbocycles. The fraction of sp³-hybridized carbons (Fsp3) is 1.00. The van der Waals surface area contributed by atoms with Crippen molar-refractivity contribution in [3.8, 4) is 0 Å². The lowest BCUT2D eigenvalue weighted by Crippen LogP contribution is -2.45. The number of hydrogen-bond donors (Lipinski definition) is 2. The van der Waals surface area contributed by atoms with Gasteiger partial charge >= 0.3 is 0 Å². The van der Waals surface area contributed by atoms with E-state index >= 15 is 0 Å². The molecule has 0 aliphatic heterocycles. The summed E-state index contributed by atoms with van der Waals surface area (Å²) in [7, 11) is 0. The van der Waals surface area contributed by atoms with E-state index in [0.717, 1.165) is 18.3 Å². The highest BCUT2D eigenvalue weighted by molar-refractivity contribution is 4.88. The Bertz CT molecular complexity index is 197. The number of rotatable bonds is 2. The molecule has 0 aromatic carbocycles. The zero-order valence-electron chi connectivity index (χ0n) is 10.1. The SMILES string of the molecule is CC1CC(C)CC(N[C@H]2CCC[C@@H]2O)C1. The van der Waals surface area contributed by atoms with Crippen LogP contribution >= 0.6 is 0 Å². The molecule has 2 saturated carbocycles. The highest BCUT2D eigenvalue weighted by Gasteiger charge is 2.30. The fourth-order valence-electron chi connectivity index (χ4n) is 3.52. The lowest BCUT2D eigenvalue weighted by Gasteiger charge is -2.34. The normalized spacial score (nSPS) is 47.0. The third-order valence-electron chi connectivity index (χ3n) is 4.11. The van der Waals surface area contributed by atoms with Crippen LogP contribution in [0, 0.1) is 11.8 Å². The fourth-order valence-corrected chi connectivity index (χ4v) is 3.52. The van der Waals surface area contributed by atoms with Crippen LogP contribution in [0.15, 0.2) is 0 Å². The first-order valence-electron chi connectivity index (χ1n) is 6.59. The van der Waals surface area contributed by atoms with Gasteiger partial charge in [-0.05, 0) is 50.4 Å². The van der Waals surface area contributed by atoms with Crippen molar-refractivity contribution < 1.29 is 5.11 Å². The van der Waals surface area contributed by atoms with Crippen LogP contribution in [0.5, 0.6) is 0 Å². The molecular weight excluding hydrogens is 186 g/mol. The van der Waals surface area contributed by atoms with Gasteiger partial charge in [-0.2, -0.15) is 0 Å². The molecule has 0 bridgehead atoms. The maximum absolute atomic E-state index is 9.79. The first-order chi connectivity index (χ1) is 7.15. The maximum Gasteiger partial charge on any atom is 0.0693 e. The Morgan fingerprint density at radius 2 is 1.67 bits per heavy atom. The van der Waals surface area contributed by atoms with Gasteiger partial charge in [0.15, 0.2) is 0 Å². The number of aliphatic hydroxyl groups is 1. The molecule has 0 heterocycles. The Hall–Kier alpha value is -0.0800. The van der Waals surface area contributed by atoms with Gasteiger partial charge < -0.3 is 10.4 Å². The molecular formula is C13H25NO. The van der Waals surface area contributed by atoms with Gasteiger partial charge in [0.1, 0.15) is 0 Å². The maximum atomic E-state index is 9.79. The molecule has 4 atom stereocenters. The summed E-state index contributed by atoms with van der Waals surface area (Å²) >= 11 is 0. The first-order valence-corrected chi connectivity index (χ1v) is 6.59. The Balaban J connectivity index is 1.83. The molecule has 2 unspecified atom stereocenters. The van der Waals surface area contributed by atoms with Crippen LogP contribution in [0.2, 0.25) is 0 Å².